The summed E-state index contributed by atoms with van der Waals surface area (Å²) >= 11 is 0. The third kappa shape index (κ3) is 3.11. The third-order valence-electron chi connectivity index (χ3n) is 4.59. The van der Waals surface area contributed by atoms with Crippen LogP contribution in [0, 0.1) is 20.8 Å². The van der Waals surface area contributed by atoms with Crippen LogP contribution in [0.3, 0.4) is 0 Å². The second-order valence-electron chi connectivity index (χ2n) is 7.15. The molecule has 0 N–H and O–H groups in total. The van der Waals surface area contributed by atoms with Gasteiger partial charge in [-0.05, 0) is 48.5 Å². The van der Waals surface area contributed by atoms with Gasteiger partial charge in [-0.3, -0.25) is 0 Å². The molecule has 0 saturated heterocycles. The first-order valence-electron chi connectivity index (χ1n) is 7.89. The van der Waals surface area contributed by atoms with E-state index in [1.165, 1.54) is 16.7 Å². The minimum atomic E-state index is -1.85. The van der Waals surface area contributed by atoms with Crippen LogP contribution in [0.1, 0.15) is 58.2 Å². The Morgan fingerprint density at radius 3 is 1.40 bits per heavy atom. The first-order chi connectivity index (χ1) is 9.12. The van der Waals surface area contributed by atoms with E-state index in [9.17, 15) is 0 Å². The highest BCUT2D eigenvalue weighted by Crippen LogP contribution is 2.44. The van der Waals surface area contributed by atoms with Crippen molar-refractivity contribution in [3.63, 3.8) is 0 Å². The Kier molecular flexibility index (Phi) is 5.48. The maximum Gasteiger partial charge on any atom is 0.258 e. The van der Waals surface area contributed by atoms with E-state index in [4.69, 9.17) is 4.43 Å². The quantitative estimate of drug-likeness (QED) is 0.590. The third-order valence-corrected chi connectivity index (χ3v) is 10.6. The molecule has 0 radical (unpaired) electrons. The largest absolute Gasteiger partial charge is 0.542 e. The Balaban J connectivity index is 3.34. The molecule has 0 aliphatic heterocycles. The summed E-state index contributed by atoms with van der Waals surface area (Å²) in [5.41, 5.74) is 5.72. The lowest BCUT2D eigenvalue weighted by Gasteiger charge is -2.43. The lowest BCUT2D eigenvalue weighted by atomic mass is 10.1. The average molecular weight is 293 g/mol. The van der Waals surface area contributed by atoms with Crippen LogP contribution in [0.25, 0.3) is 0 Å². The van der Waals surface area contributed by atoms with Gasteiger partial charge < -0.3 is 4.43 Å². The highest BCUT2D eigenvalue weighted by Gasteiger charge is 2.47. The van der Waals surface area contributed by atoms with Gasteiger partial charge in [-0.1, -0.05) is 59.2 Å². The summed E-state index contributed by atoms with van der Waals surface area (Å²) < 4.78 is 6.84. The van der Waals surface area contributed by atoms with Crippen LogP contribution in [0.2, 0.25) is 16.6 Å². The molecule has 0 aromatic heterocycles. The summed E-state index contributed by atoms with van der Waals surface area (Å²) in [5.74, 6) is 1.14. The molecule has 0 aliphatic rings. The van der Waals surface area contributed by atoms with Gasteiger partial charge in [0.25, 0.3) is 8.32 Å². The van der Waals surface area contributed by atoms with Gasteiger partial charge >= 0.3 is 0 Å². The van der Waals surface area contributed by atoms with E-state index in [1.807, 2.05) is 0 Å². The van der Waals surface area contributed by atoms with Crippen molar-refractivity contribution in [3.8, 4) is 5.75 Å². The Morgan fingerprint density at radius 2 is 1.10 bits per heavy atom. The smallest absolute Gasteiger partial charge is 0.258 e. The van der Waals surface area contributed by atoms with Crippen LogP contribution in [0.15, 0.2) is 12.1 Å². The fourth-order valence-corrected chi connectivity index (χ4v) is 9.24. The van der Waals surface area contributed by atoms with Gasteiger partial charge in [0.05, 0.1) is 0 Å². The van der Waals surface area contributed by atoms with Gasteiger partial charge in [-0.15, -0.1) is 0 Å². The van der Waals surface area contributed by atoms with Crippen LogP contribution >= 0.6 is 0 Å². The summed E-state index contributed by atoms with van der Waals surface area (Å²) in [7, 11) is -1.85. The Bertz CT molecular complexity index is 416. The van der Waals surface area contributed by atoms with Crippen LogP contribution in [0.5, 0.6) is 5.75 Å². The fraction of sp³-hybridized carbons (Fsp3) is 0.667. The monoisotopic (exact) mass is 292 g/mol. The van der Waals surface area contributed by atoms with Crippen molar-refractivity contribution in [2.24, 2.45) is 0 Å². The molecule has 0 heterocycles. The fourth-order valence-electron chi connectivity index (χ4n) is 3.86. The highest BCUT2D eigenvalue weighted by atomic mass is 28.4. The molecule has 0 unspecified atom stereocenters. The molecule has 0 amide bonds. The second kappa shape index (κ2) is 6.34. The zero-order valence-corrected chi connectivity index (χ0v) is 15.8. The van der Waals surface area contributed by atoms with E-state index in [1.54, 1.807) is 0 Å². The lowest BCUT2D eigenvalue weighted by molar-refractivity contribution is 0.473. The topological polar surface area (TPSA) is 9.23 Å². The van der Waals surface area contributed by atoms with Gasteiger partial charge in [-0.2, -0.15) is 0 Å². The summed E-state index contributed by atoms with van der Waals surface area (Å²) in [6.07, 6.45) is 0. The molecule has 1 aromatic carbocycles. The molecule has 0 aliphatic carbocycles. The molecule has 0 bridgehead atoms. The van der Waals surface area contributed by atoms with Crippen molar-refractivity contribution in [1.29, 1.82) is 0 Å². The molecule has 0 atom stereocenters. The summed E-state index contributed by atoms with van der Waals surface area (Å²) in [4.78, 5) is 0. The molecule has 0 spiro atoms. The number of hydrogen-bond donors (Lipinski definition) is 0. The van der Waals surface area contributed by atoms with Gasteiger partial charge in [0.1, 0.15) is 5.75 Å². The average Bonchev–Trinajstić information content (AvgIpc) is 2.26. The SMILES string of the molecule is Cc1cc(C)c(O[Si](C(C)C)(C(C)C)C(C)C)c(C)c1. The first-order valence-corrected chi connectivity index (χ1v) is 10.0. The Labute approximate surface area is 126 Å². The Morgan fingerprint density at radius 1 is 0.750 bits per heavy atom. The van der Waals surface area contributed by atoms with Crippen LogP contribution in [-0.2, 0) is 0 Å². The van der Waals surface area contributed by atoms with E-state index in [0.29, 0.717) is 16.6 Å². The highest BCUT2D eigenvalue weighted by molar-refractivity contribution is 6.78. The van der Waals surface area contributed by atoms with E-state index < -0.39 is 8.32 Å². The zero-order valence-electron chi connectivity index (χ0n) is 14.8. The van der Waals surface area contributed by atoms with E-state index in [-0.39, 0.29) is 0 Å². The van der Waals surface area contributed by atoms with Crippen molar-refractivity contribution in [3.05, 3.63) is 28.8 Å². The van der Waals surface area contributed by atoms with E-state index >= 15 is 0 Å². The van der Waals surface area contributed by atoms with Gasteiger partial charge in [0, 0.05) is 0 Å². The number of rotatable bonds is 5. The Hall–Kier alpha value is -0.763. The van der Waals surface area contributed by atoms with E-state index in [0.717, 1.165) is 5.75 Å². The minimum absolute atomic E-state index is 0.614. The van der Waals surface area contributed by atoms with Crippen molar-refractivity contribution >= 4 is 8.32 Å². The maximum atomic E-state index is 6.84. The number of hydrogen-bond acceptors (Lipinski definition) is 1. The van der Waals surface area contributed by atoms with Gasteiger partial charge in [0.15, 0.2) is 0 Å². The number of benzene rings is 1. The summed E-state index contributed by atoms with van der Waals surface area (Å²) in [6.45, 7) is 20.5. The predicted octanol–water partition coefficient (Wildman–Crippen LogP) is 6.17. The lowest BCUT2D eigenvalue weighted by Crippen LogP contribution is -2.51. The van der Waals surface area contributed by atoms with Gasteiger partial charge in [-0.25, -0.2) is 0 Å². The summed E-state index contributed by atoms with van der Waals surface area (Å²) in [5, 5.41) is 0. The maximum absolute atomic E-state index is 6.84. The molecule has 20 heavy (non-hydrogen) atoms. The molecule has 0 fully saturated rings. The van der Waals surface area contributed by atoms with Crippen molar-refractivity contribution in [2.45, 2.75) is 78.9 Å². The normalized spacial score (nSPS) is 12.6. The molecule has 2 heteroatoms. The van der Waals surface area contributed by atoms with Crippen LogP contribution < -0.4 is 4.43 Å². The summed E-state index contributed by atoms with van der Waals surface area (Å²) in [6, 6.07) is 4.48. The van der Waals surface area contributed by atoms with Gasteiger partial charge in [0.2, 0.25) is 0 Å². The molecular formula is C18H32OSi. The molecule has 1 nitrogen and oxygen atoms in total. The second-order valence-corrected chi connectivity index (χ2v) is 12.5. The van der Waals surface area contributed by atoms with Crippen molar-refractivity contribution < 1.29 is 4.43 Å². The standard InChI is InChI=1S/C18H32OSi/c1-12(2)20(13(3)4,14(5)6)19-18-16(8)10-15(7)11-17(18)9/h10-14H,1-9H3. The first kappa shape index (κ1) is 17.3. The van der Waals surface area contributed by atoms with Crippen molar-refractivity contribution in [2.75, 3.05) is 0 Å². The van der Waals surface area contributed by atoms with Crippen LogP contribution in [0.4, 0.5) is 0 Å². The molecule has 0 saturated carbocycles. The molecule has 114 valence electrons. The molecule has 1 rings (SSSR count). The molecular weight excluding hydrogens is 260 g/mol. The zero-order chi connectivity index (χ0) is 15.7. The number of aryl methyl sites for hydroxylation is 3. The van der Waals surface area contributed by atoms with Crippen molar-refractivity contribution in [1.82, 2.24) is 0 Å². The molecule has 1 aromatic rings. The predicted molar refractivity (Wildman–Crippen MR) is 92.3 cm³/mol. The van der Waals surface area contributed by atoms with E-state index in [2.05, 4.69) is 74.4 Å². The minimum Gasteiger partial charge on any atom is -0.542 e. The van der Waals surface area contributed by atoms with Crippen LogP contribution in [-0.4, -0.2) is 8.32 Å².